The molecule has 1 aliphatic heterocycles. The Kier molecular flexibility index (Phi) is 2.85. The summed E-state index contributed by atoms with van der Waals surface area (Å²) in [5.74, 6) is 0.133. The molecule has 1 heterocycles. The Balaban J connectivity index is 1.76. The van der Waals surface area contributed by atoms with Crippen LogP contribution < -0.4 is 5.32 Å². The van der Waals surface area contributed by atoms with Crippen molar-refractivity contribution in [2.24, 2.45) is 0 Å². The van der Waals surface area contributed by atoms with Crippen molar-refractivity contribution in [2.45, 2.75) is 18.8 Å². The van der Waals surface area contributed by atoms with Crippen LogP contribution in [-0.4, -0.2) is 5.91 Å². The first-order valence-electron chi connectivity index (χ1n) is 6.28. The van der Waals surface area contributed by atoms with Gasteiger partial charge in [0.15, 0.2) is 0 Å². The highest BCUT2D eigenvalue weighted by molar-refractivity contribution is 6.02. The van der Waals surface area contributed by atoms with Crippen LogP contribution in [0.25, 0.3) is 0 Å². The Labute approximate surface area is 107 Å². The smallest absolute Gasteiger partial charge is 0.232 e. The molecule has 0 fully saturated rings. The lowest BCUT2D eigenvalue weighted by Gasteiger charge is -2.08. The predicted molar refractivity (Wildman–Crippen MR) is 72.6 cm³/mol. The lowest BCUT2D eigenvalue weighted by atomic mass is 9.94. The molecule has 0 radical (unpaired) electrons. The first-order chi connectivity index (χ1) is 8.84. The number of para-hydroxylation sites is 1. The van der Waals surface area contributed by atoms with E-state index >= 15 is 0 Å². The second-order valence-corrected chi connectivity index (χ2v) is 4.65. The minimum Gasteiger partial charge on any atom is -0.325 e. The molecule has 0 aliphatic carbocycles. The standard InChI is InChI=1S/C16H15NO/c18-16-14(11-10-12-6-2-1-3-7-12)13-8-4-5-9-15(13)17-16/h1-9,14H,10-11H2,(H,17,18). The van der Waals surface area contributed by atoms with Gasteiger partial charge in [-0.05, 0) is 30.0 Å². The molecular weight excluding hydrogens is 222 g/mol. The molecule has 0 bridgehead atoms. The molecule has 18 heavy (non-hydrogen) atoms. The number of carbonyl (C=O) groups is 1. The maximum absolute atomic E-state index is 11.9. The van der Waals surface area contributed by atoms with E-state index in [1.807, 2.05) is 42.5 Å². The number of rotatable bonds is 3. The highest BCUT2D eigenvalue weighted by atomic mass is 16.2. The number of carbonyl (C=O) groups excluding carboxylic acids is 1. The van der Waals surface area contributed by atoms with Gasteiger partial charge in [-0.15, -0.1) is 0 Å². The molecule has 0 saturated carbocycles. The monoisotopic (exact) mass is 237 g/mol. The second-order valence-electron chi connectivity index (χ2n) is 4.65. The van der Waals surface area contributed by atoms with E-state index in [1.54, 1.807) is 0 Å². The van der Waals surface area contributed by atoms with Crippen molar-refractivity contribution in [3.05, 3.63) is 65.7 Å². The predicted octanol–water partition coefficient (Wildman–Crippen LogP) is 3.36. The molecule has 2 aromatic rings. The molecule has 1 aliphatic rings. The number of hydrogen-bond donors (Lipinski definition) is 1. The molecular formula is C16H15NO. The molecule has 2 heteroatoms. The van der Waals surface area contributed by atoms with Gasteiger partial charge in [0.25, 0.3) is 0 Å². The maximum Gasteiger partial charge on any atom is 0.232 e. The van der Waals surface area contributed by atoms with E-state index in [1.165, 1.54) is 5.56 Å². The average Bonchev–Trinajstić information content (AvgIpc) is 2.73. The Morgan fingerprint density at radius 3 is 2.50 bits per heavy atom. The first kappa shape index (κ1) is 11.0. The fourth-order valence-corrected chi connectivity index (χ4v) is 2.52. The van der Waals surface area contributed by atoms with Crippen LogP contribution >= 0.6 is 0 Å². The van der Waals surface area contributed by atoms with Gasteiger partial charge in [0, 0.05) is 5.69 Å². The molecule has 3 rings (SSSR count). The third kappa shape index (κ3) is 2.02. The van der Waals surface area contributed by atoms with Crippen LogP contribution in [0.5, 0.6) is 0 Å². The average molecular weight is 237 g/mol. The van der Waals surface area contributed by atoms with Gasteiger partial charge in [-0.1, -0.05) is 48.5 Å². The van der Waals surface area contributed by atoms with E-state index in [9.17, 15) is 4.79 Å². The first-order valence-corrected chi connectivity index (χ1v) is 6.28. The molecule has 0 saturated heterocycles. The van der Waals surface area contributed by atoms with Gasteiger partial charge in [-0.2, -0.15) is 0 Å². The quantitative estimate of drug-likeness (QED) is 0.871. The van der Waals surface area contributed by atoms with Gasteiger partial charge in [0.2, 0.25) is 5.91 Å². The number of aryl methyl sites for hydroxylation is 1. The van der Waals surface area contributed by atoms with Gasteiger partial charge in [-0.3, -0.25) is 4.79 Å². The summed E-state index contributed by atoms with van der Waals surface area (Å²) in [4.78, 5) is 11.9. The van der Waals surface area contributed by atoms with Gasteiger partial charge >= 0.3 is 0 Å². The maximum atomic E-state index is 11.9. The normalized spacial score (nSPS) is 17.3. The fourth-order valence-electron chi connectivity index (χ4n) is 2.52. The van der Waals surface area contributed by atoms with E-state index in [4.69, 9.17) is 0 Å². The summed E-state index contributed by atoms with van der Waals surface area (Å²) in [5, 5.41) is 2.94. The number of anilines is 1. The molecule has 2 aromatic carbocycles. The lowest BCUT2D eigenvalue weighted by molar-refractivity contribution is -0.117. The number of benzene rings is 2. The van der Waals surface area contributed by atoms with Crippen LogP contribution in [-0.2, 0) is 11.2 Å². The third-order valence-electron chi connectivity index (χ3n) is 3.48. The Hall–Kier alpha value is -2.09. The van der Waals surface area contributed by atoms with Gasteiger partial charge in [0.05, 0.1) is 5.92 Å². The van der Waals surface area contributed by atoms with E-state index in [2.05, 4.69) is 17.4 Å². The minimum absolute atomic E-state index is 0.00130. The van der Waals surface area contributed by atoms with Gasteiger partial charge in [0.1, 0.15) is 0 Å². The van der Waals surface area contributed by atoms with Crippen molar-refractivity contribution in [3.63, 3.8) is 0 Å². The Morgan fingerprint density at radius 2 is 1.67 bits per heavy atom. The molecule has 0 aromatic heterocycles. The Morgan fingerprint density at radius 1 is 0.944 bits per heavy atom. The van der Waals surface area contributed by atoms with Crippen LogP contribution in [0.1, 0.15) is 23.5 Å². The molecule has 90 valence electrons. The summed E-state index contributed by atoms with van der Waals surface area (Å²) < 4.78 is 0. The number of fused-ring (bicyclic) bond motifs is 1. The molecule has 1 unspecified atom stereocenters. The molecule has 1 amide bonds. The van der Waals surface area contributed by atoms with Crippen molar-refractivity contribution in [3.8, 4) is 0 Å². The van der Waals surface area contributed by atoms with Crippen LogP contribution in [0.15, 0.2) is 54.6 Å². The van der Waals surface area contributed by atoms with Crippen molar-refractivity contribution in [1.82, 2.24) is 0 Å². The minimum atomic E-state index is 0.00130. The van der Waals surface area contributed by atoms with Crippen LogP contribution in [0.2, 0.25) is 0 Å². The lowest BCUT2D eigenvalue weighted by Crippen LogP contribution is -2.12. The SMILES string of the molecule is O=C1Nc2ccccc2C1CCc1ccccc1. The van der Waals surface area contributed by atoms with E-state index in [-0.39, 0.29) is 11.8 Å². The summed E-state index contributed by atoms with van der Waals surface area (Å²) >= 11 is 0. The zero-order valence-corrected chi connectivity index (χ0v) is 10.1. The molecule has 1 N–H and O–H groups in total. The van der Waals surface area contributed by atoms with E-state index < -0.39 is 0 Å². The van der Waals surface area contributed by atoms with E-state index in [0.717, 1.165) is 24.1 Å². The summed E-state index contributed by atoms with van der Waals surface area (Å²) in [5.41, 5.74) is 3.40. The van der Waals surface area contributed by atoms with Gasteiger partial charge in [-0.25, -0.2) is 0 Å². The zero-order valence-electron chi connectivity index (χ0n) is 10.1. The van der Waals surface area contributed by atoms with E-state index in [0.29, 0.717) is 0 Å². The third-order valence-corrected chi connectivity index (χ3v) is 3.48. The summed E-state index contributed by atoms with van der Waals surface area (Å²) in [7, 11) is 0. The molecule has 2 nitrogen and oxygen atoms in total. The number of nitrogens with one attached hydrogen (secondary N) is 1. The Bertz CT molecular complexity index is 562. The summed E-state index contributed by atoms with van der Waals surface area (Å²) in [6, 6.07) is 18.3. The van der Waals surface area contributed by atoms with Crippen molar-refractivity contribution < 1.29 is 4.79 Å². The zero-order chi connectivity index (χ0) is 12.4. The van der Waals surface area contributed by atoms with Crippen LogP contribution in [0.4, 0.5) is 5.69 Å². The molecule has 1 atom stereocenters. The van der Waals surface area contributed by atoms with Gasteiger partial charge < -0.3 is 5.32 Å². The van der Waals surface area contributed by atoms with Crippen LogP contribution in [0.3, 0.4) is 0 Å². The second kappa shape index (κ2) is 4.65. The summed E-state index contributed by atoms with van der Waals surface area (Å²) in [6.45, 7) is 0. The van der Waals surface area contributed by atoms with Crippen molar-refractivity contribution in [2.75, 3.05) is 5.32 Å². The largest absolute Gasteiger partial charge is 0.325 e. The van der Waals surface area contributed by atoms with Crippen molar-refractivity contribution in [1.29, 1.82) is 0 Å². The molecule has 0 spiro atoms. The topological polar surface area (TPSA) is 29.1 Å². The highest BCUT2D eigenvalue weighted by Crippen LogP contribution is 2.34. The van der Waals surface area contributed by atoms with Crippen molar-refractivity contribution >= 4 is 11.6 Å². The number of amides is 1. The summed E-state index contributed by atoms with van der Waals surface area (Å²) in [6.07, 6.45) is 1.81. The highest BCUT2D eigenvalue weighted by Gasteiger charge is 2.29. The van der Waals surface area contributed by atoms with Crippen LogP contribution in [0, 0.1) is 0 Å². The number of hydrogen-bond acceptors (Lipinski definition) is 1. The fraction of sp³-hybridized carbons (Fsp3) is 0.188.